The Kier molecular flexibility index (Phi) is 3.27. The molecule has 1 unspecified atom stereocenters. The van der Waals surface area contributed by atoms with Gasteiger partial charge in [0.15, 0.2) is 6.29 Å². The normalized spacial score (nSPS) is 25.8. The molecule has 0 aromatic heterocycles. The van der Waals surface area contributed by atoms with E-state index in [1.807, 2.05) is 0 Å². The second-order valence-corrected chi connectivity index (χ2v) is 4.03. The Hall–Kier alpha value is -0.370. The van der Waals surface area contributed by atoms with Crippen molar-refractivity contribution in [1.29, 1.82) is 0 Å². The van der Waals surface area contributed by atoms with Crippen LogP contribution in [-0.4, -0.2) is 17.0 Å². The maximum atomic E-state index is 10.6. The van der Waals surface area contributed by atoms with E-state index in [1.54, 1.807) is 6.92 Å². The van der Waals surface area contributed by atoms with Crippen molar-refractivity contribution in [3.63, 3.8) is 0 Å². The van der Waals surface area contributed by atoms with Crippen molar-refractivity contribution in [2.24, 2.45) is 5.92 Å². The largest absolute Gasteiger partial charge is 0.382 e. The van der Waals surface area contributed by atoms with E-state index in [4.69, 9.17) is 0 Å². The summed E-state index contributed by atoms with van der Waals surface area (Å²) in [5, 5.41) is 9.70. The van der Waals surface area contributed by atoms with E-state index in [-0.39, 0.29) is 5.92 Å². The van der Waals surface area contributed by atoms with Crippen LogP contribution < -0.4 is 0 Å². The van der Waals surface area contributed by atoms with Crippen molar-refractivity contribution in [2.45, 2.75) is 51.0 Å². The van der Waals surface area contributed by atoms with Gasteiger partial charge in [-0.25, -0.2) is 0 Å². The molecule has 0 heterocycles. The fourth-order valence-corrected chi connectivity index (χ4v) is 1.96. The van der Waals surface area contributed by atoms with Gasteiger partial charge in [-0.05, 0) is 25.7 Å². The van der Waals surface area contributed by atoms with Crippen LogP contribution in [0.4, 0.5) is 0 Å². The molecule has 1 aliphatic carbocycles. The second kappa shape index (κ2) is 4.04. The molecule has 0 aromatic rings. The van der Waals surface area contributed by atoms with Crippen molar-refractivity contribution in [1.82, 2.24) is 0 Å². The number of aliphatic hydroxyl groups is 1. The third-order valence-corrected chi connectivity index (χ3v) is 2.92. The topological polar surface area (TPSA) is 37.3 Å². The summed E-state index contributed by atoms with van der Waals surface area (Å²) < 4.78 is 0. The number of hydrogen-bond donors (Lipinski definition) is 1. The Morgan fingerprint density at radius 3 is 2.17 bits per heavy atom. The lowest BCUT2D eigenvalue weighted by Gasteiger charge is -2.26. The predicted octanol–water partition coefficient (Wildman–Crippen LogP) is 1.91. The Bertz CT molecular complexity index is 144. The molecule has 2 heteroatoms. The lowest BCUT2D eigenvalue weighted by molar-refractivity contribution is -0.128. The minimum Gasteiger partial charge on any atom is -0.382 e. The molecule has 0 aliphatic heterocycles. The smallest absolute Gasteiger partial charge is 0.151 e. The monoisotopic (exact) mass is 170 g/mol. The molecule has 0 radical (unpaired) electrons. The van der Waals surface area contributed by atoms with Crippen LogP contribution in [-0.2, 0) is 4.79 Å². The molecule has 0 bridgehead atoms. The summed E-state index contributed by atoms with van der Waals surface area (Å²) >= 11 is 0. The Balaban J connectivity index is 2.53. The fraction of sp³-hybridized carbons (Fsp3) is 0.900. The van der Waals surface area contributed by atoms with Gasteiger partial charge < -0.3 is 9.90 Å². The molecule has 1 N–H and O–H groups in total. The van der Waals surface area contributed by atoms with E-state index in [0.29, 0.717) is 6.29 Å². The first kappa shape index (κ1) is 9.72. The summed E-state index contributed by atoms with van der Waals surface area (Å²) in [6.07, 6.45) is 7.54. The van der Waals surface area contributed by atoms with Crippen molar-refractivity contribution in [3.8, 4) is 0 Å². The van der Waals surface area contributed by atoms with Gasteiger partial charge in [-0.2, -0.15) is 0 Å². The summed E-state index contributed by atoms with van der Waals surface area (Å²) in [5.74, 6) is 0.192. The zero-order valence-corrected chi connectivity index (χ0v) is 7.75. The van der Waals surface area contributed by atoms with E-state index in [1.165, 1.54) is 12.8 Å². The van der Waals surface area contributed by atoms with E-state index in [9.17, 15) is 9.90 Å². The van der Waals surface area contributed by atoms with E-state index >= 15 is 0 Å². The highest BCUT2D eigenvalue weighted by Crippen LogP contribution is 2.30. The molecule has 12 heavy (non-hydrogen) atoms. The lowest BCUT2D eigenvalue weighted by atomic mass is 9.84. The number of rotatable bonds is 2. The maximum Gasteiger partial charge on any atom is 0.151 e. The van der Waals surface area contributed by atoms with Crippen LogP contribution in [0.25, 0.3) is 0 Å². The van der Waals surface area contributed by atoms with Gasteiger partial charge in [0.1, 0.15) is 5.60 Å². The first-order valence-electron chi connectivity index (χ1n) is 4.85. The summed E-state index contributed by atoms with van der Waals surface area (Å²) in [6, 6.07) is 0. The molecule has 1 rings (SSSR count). The van der Waals surface area contributed by atoms with Gasteiger partial charge in [-0.1, -0.05) is 25.7 Å². The van der Waals surface area contributed by atoms with Crippen LogP contribution in [0.5, 0.6) is 0 Å². The molecular formula is C10H18O2. The zero-order chi connectivity index (χ0) is 9.03. The Labute approximate surface area is 74.0 Å². The molecule has 1 aliphatic rings. The highest BCUT2D eigenvalue weighted by atomic mass is 16.3. The molecule has 1 saturated carbocycles. The van der Waals surface area contributed by atoms with Gasteiger partial charge in [-0.15, -0.1) is 0 Å². The van der Waals surface area contributed by atoms with Crippen LogP contribution in [0.2, 0.25) is 0 Å². The van der Waals surface area contributed by atoms with Crippen molar-refractivity contribution >= 4 is 6.29 Å². The van der Waals surface area contributed by atoms with Gasteiger partial charge >= 0.3 is 0 Å². The van der Waals surface area contributed by atoms with E-state index in [0.717, 1.165) is 25.7 Å². The van der Waals surface area contributed by atoms with Crippen LogP contribution in [0.1, 0.15) is 45.4 Å². The first-order valence-corrected chi connectivity index (χ1v) is 4.85. The number of carbonyl (C=O) groups excluding carboxylic acids is 1. The standard InChI is InChI=1S/C10H18O2/c1-10(12,8-11)9-6-4-2-3-5-7-9/h8-9,12H,2-7H2,1H3. The number of aldehydes is 1. The van der Waals surface area contributed by atoms with Gasteiger partial charge in [0.05, 0.1) is 0 Å². The molecule has 70 valence electrons. The maximum absolute atomic E-state index is 10.6. The molecule has 0 aromatic carbocycles. The molecule has 0 amide bonds. The quantitative estimate of drug-likeness (QED) is 0.507. The van der Waals surface area contributed by atoms with Crippen molar-refractivity contribution < 1.29 is 9.90 Å². The molecule has 0 spiro atoms. The summed E-state index contributed by atoms with van der Waals surface area (Å²) in [4.78, 5) is 10.6. The van der Waals surface area contributed by atoms with Crippen molar-refractivity contribution in [3.05, 3.63) is 0 Å². The molecule has 0 saturated heterocycles. The minimum atomic E-state index is -1.08. The van der Waals surface area contributed by atoms with Crippen LogP contribution >= 0.6 is 0 Å². The first-order chi connectivity index (χ1) is 5.67. The average molecular weight is 170 g/mol. The van der Waals surface area contributed by atoms with Crippen LogP contribution in [0.3, 0.4) is 0 Å². The molecular weight excluding hydrogens is 152 g/mol. The molecule has 1 atom stereocenters. The van der Waals surface area contributed by atoms with E-state index in [2.05, 4.69) is 0 Å². The van der Waals surface area contributed by atoms with Crippen LogP contribution in [0.15, 0.2) is 0 Å². The molecule has 1 fully saturated rings. The third kappa shape index (κ3) is 2.31. The summed E-state index contributed by atoms with van der Waals surface area (Å²) in [7, 11) is 0. The Morgan fingerprint density at radius 2 is 1.75 bits per heavy atom. The second-order valence-electron chi connectivity index (χ2n) is 4.03. The SMILES string of the molecule is CC(O)(C=O)C1CCCCCC1. The van der Waals surface area contributed by atoms with Crippen molar-refractivity contribution in [2.75, 3.05) is 0 Å². The number of hydrogen-bond acceptors (Lipinski definition) is 2. The highest BCUT2D eigenvalue weighted by molar-refractivity contribution is 5.61. The van der Waals surface area contributed by atoms with Gasteiger partial charge in [0.25, 0.3) is 0 Å². The number of carbonyl (C=O) groups is 1. The average Bonchev–Trinajstić information content (AvgIpc) is 2.32. The minimum absolute atomic E-state index is 0.192. The Morgan fingerprint density at radius 1 is 1.25 bits per heavy atom. The third-order valence-electron chi connectivity index (χ3n) is 2.92. The van der Waals surface area contributed by atoms with Crippen LogP contribution in [0, 0.1) is 5.92 Å². The predicted molar refractivity (Wildman–Crippen MR) is 47.9 cm³/mol. The fourth-order valence-electron chi connectivity index (χ4n) is 1.96. The van der Waals surface area contributed by atoms with Gasteiger partial charge in [0, 0.05) is 0 Å². The highest BCUT2D eigenvalue weighted by Gasteiger charge is 2.31. The summed E-state index contributed by atoms with van der Waals surface area (Å²) in [5.41, 5.74) is -1.08. The van der Waals surface area contributed by atoms with E-state index < -0.39 is 5.60 Å². The lowest BCUT2D eigenvalue weighted by Crippen LogP contribution is -2.35. The summed E-state index contributed by atoms with van der Waals surface area (Å²) in [6.45, 7) is 1.63. The van der Waals surface area contributed by atoms with Gasteiger partial charge in [-0.3, -0.25) is 0 Å². The zero-order valence-electron chi connectivity index (χ0n) is 7.75. The van der Waals surface area contributed by atoms with Gasteiger partial charge in [0.2, 0.25) is 0 Å². The molecule has 2 nitrogen and oxygen atoms in total.